The maximum Gasteiger partial charge on any atom is 0.159 e. The predicted molar refractivity (Wildman–Crippen MR) is 110 cm³/mol. The summed E-state index contributed by atoms with van der Waals surface area (Å²) in [6.07, 6.45) is 2.64. The van der Waals surface area contributed by atoms with Gasteiger partial charge in [0.2, 0.25) is 0 Å². The van der Waals surface area contributed by atoms with Gasteiger partial charge in [0.05, 0.1) is 19.3 Å². The van der Waals surface area contributed by atoms with Crippen molar-refractivity contribution in [3.05, 3.63) is 95.6 Å². The van der Waals surface area contributed by atoms with Crippen LogP contribution in [0.15, 0.2) is 67.3 Å². The van der Waals surface area contributed by atoms with Gasteiger partial charge in [-0.15, -0.1) is 6.58 Å². The zero-order valence-corrected chi connectivity index (χ0v) is 15.8. The summed E-state index contributed by atoms with van der Waals surface area (Å²) in [6, 6.07) is 15.5. The molecule has 0 saturated carbocycles. The number of benzene rings is 3. The molecule has 0 spiro atoms. The summed E-state index contributed by atoms with van der Waals surface area (Å²) in [6.45, 7) is 4.81. The van der Waals surface area contributed by atoms with Crippen LogP contribution >= 0.6 is 0 Å². The highest BCUT2D eigenvalue weighted by molar-refractivity contribution is 5.84. The van der Waals surface area contributed by atoms with Crippen molar-refractivity contribution in [3.8, 4) is 11.8 Å². The van der Waals surface area contributed by atoms with Crippen LogP contribution in [0.2, 0.25) is 0 Å². The Kier molecular flexibility index (Phi) is 5.71. The third-order valence-corrected chi connectivity index (χ3v) is 4.91. The Bertz CT molecular complexity index is 1090. The van der Waals surface area contributed by atoms with Gasteiger partial charge >= 0.3 is 0 Å². The molecule has 4 rings (SSSR count). The largest absolute Gasteiger partial charge is 0.372 e. The lowest BCUT2D eigenvalue weighted by atomic mass is 10.0. The normalized spacial score (nSPS) is 18.8. The lowest BCUT2D eigenvalue weighted by Crippen LogP contribution is -2.30. The zero-order chi connectivity index (χ0) is 20.2. The van der Waals surface area contributed by atoms with E-state index in [0.717, 1.165) is 23.1 Å². The van der Waals surface area contributed by atoms with Crippen LogP contribution in [0, 0.1) is 23.5 Å². The topological polar surface area (TPSA) is 18.5 Å². The van der Waals surface area contributed by atoms with Gasteiger partial charge in [-0.2, -0.15) is 0 Å². The molecule has 1 aliphatic rings. The van der Waals surface area contributed by atoms with Crippen LogP contribution < -0.4 is 0 Å². The summed E-state index contributed by atoms with van der Waals surface area (Å²) in [7, 11) is 0. The second-order valence-corrected chi connectivity index (χ2v) is 7.00. The Labute approximate surface area is 168 Å². The minimum atomic E-state index is -0.858. The molecule has 29 heavy (non-hydrogen) atoms. The molecule has 1 heterocycles. The van der Waals surface area contributed by atoms with Crippen molar-refractivity contribution >= 4 is 10.8 Å². The van der Waals surface area contributed by atoms with E-state index in [-0.39, 0.29) is 12.2 Å². The van der Waals surface area contributed by atoms with E-state index < -0.39 is 11.6 Å². The van der Waals surface area contributed by atoms with Gasteiger partial charge in [-0.05, 0) is 59.2 Å². The minimum Gasteiger partial charge on any atom is -0.372 e. The molecular formula is C25H20F2O2. The maximum absolute atomic E-state index is 13.4. The molecule has 1 aliphatic heterocycles. The Balaban J connectivity index is 1.46. The van der Waals surface area contributed by atoms with E-state index in [0.29, 0.717) is 24.0 Å². The van der Waals surface area contributed by atoms with Gasteiger partial charge in [-0.1, -0.05) is 36.1 Å². The van der Waals surface area contributed by atoms with Gasteiger partial charge in [0, 0.05) is 11.1 Å². The van der Waals surface area contributed by atoms with Gasteiger partial charge in [-0.25, -0.2) is 8.78 Å². The third-order valence-electron chi connectivity index (χ3n) is 4.91. The molecule has 3 aromatic rings. The summed E-state index contributed by atoms with van der Waals surface area (Å²) in [4.78, 5) is 0. The highest BCUT2D eigenvalue weighted by atomic mass is 19.2. The van der Waals surface area contributed by atoms with E-state index in [1.807, 2.05) is 30.3 Å². The summed E-state index contributed by atoms with van der Waals surface area (Å²) in [5.74, 6) is 4.47. The van der Waals surface area contributed by atoms with E-state index in [2.05, 4.69) is 18.4 Å². The minimum absolute atomic E-state index is 0.0751. The number of halogens is 2. The number of ether oxygens (including phenoxy) is 2. The van der Waals surface area contributed by atoms with Crippen molar-refractivity contribution in [3.63, 3.8) is 0 Å². The lowest BCUT2D eigenvalue weighted by Gasteiger charge is -2.29. The van der Waals surface area contributed by atoms with Crippen LogP contribution in [0.4, 0.5) is 8.78 Å². The van der Waals surface area contributed by atoms with E-state index in [1.165, 1.54) is 12.1 Å². The molecule has 1 saturated heterocycles. The van der Waals surface area contributed by atoms with E-state index in [4.69, 9.17) is 9.47 Å². The number of rotatable bonds is 3. The van der Waals surface area contributed by atoms with Gasteiger partial charge in [-0.3, -0.25) is 0 Å². The molecule has 2 unspecified atom stereocenters. The van der Waals surface area contributed by atoms with E-state index >= 15 is 0 Å². The second-order valence-electron chi connectivity index (χ2n) is 7.00. The fourth-order valence-corrected chi connectivity index (χ4v) is 3.30. The van der Waals surface area contributed by atoms with Gasteiger partial charge in [0.15, 0.2) is 11.6 Å². The molecule has 0 N–H and O–H groups in total. The second kappa shape index (κ2) is 8.57. The highest BCUT2D eigenvalue weighted by Gasteiger charge is 2.22. The van der Waals surface area contributed by atoms with E-state index in [9.17, 15) is 8.78 Å². The standard InChI is InChI=1S/C25H20F2O2/c1-2-3-22-15-29-25(16-28-22)19-9-6-17(7-10-19)4-5-18-8-11-20-13-23(26)24(27)14-21(20)12-18/h2,6-14,22,25H,1,3,15-16H2. The summed E-state index contributed by atoms with van der Waals surface area (Å²) in [5, 5.41) is 1.26. The molecular weight excluding hydrogens is 370 g/mol. The predicted octanol–water partition coefficient (Wildman–Crippen LogP) is 5.55. The molecule has 3 aromatic carbocycles. The van der Waals surface area contributed by atoms with Crippen LogP contribution in [0.25, 0.3) is 10.8 Å². The van der Waals surface area contributed by atoms with Crippen molar-refractivity contribution in [2.45, 2.75) is 18.6 Å². The molecule has 0 bridgehead atoms. The molecule has 2 atom stereocenters. The fraction of sp³-hybridized carbons (Fsp3) is 0.200. The molecule has 1 fully saturated rings. The molecule has 0 radical (unpaired) electrons. The lowest BCUT2D eigenvalue weighted by molar-refractivity contribution is -0.133. The van der Waals surface area contributed by atoms with Crippen molar-refractivity contribution < 1.29 is 18.3 Å². The van der Waals surface area contributed by atoms with Gasteiger partial charge in [0.1, 0.15) is 6.10 Å². The molecule has 0 amide bonds. The number of hydrogen-bond donors (Lipinski definition) is 0. The Morgan fingerprint density at radius 1 is 0.862 bits per heavy atom. The molecule has 0 aromatic heterocycles. The number of hydrogen-bond acceptors (Lipinski definition) is 2. The smallest absolute Gasteiger partial charge is 0.159 e. The van der Waals surface area contributed by atoms with Crippen LogP contribution in [0.1, 0.15) is 29.2 Å². The van der Waals surface area contributed by atoms with Crippen LogP contribution in [-0.2, 0) is 9.47 Å². The fourth-order valence-electron chi connectivity index (χ4n) is 3.30. The molecule has 0 aliphatic carbocycles. The molecule has 2 nitrogen and oxygen atoms in total. The first-order valence-corrected chi connectivity index (χ1v) is 9.47. The average molecular weight is 390 g/mol. The zero-order valence-electron chi connectivity index (χ0n) is 15.8. The third kappa shape index (κ3) is 4.54. The van der Waals surface area contributed by atoms with Gasteiger partial charge in [0.25, 0.3) is 0 Å². The Hall–Kier alpha value is -3.00. The summed E-state index contributed by atoms with van der Waals surface area (Å²) in [5.41, 5.74) is 2.65. The first kappa shape index (κ1) is 19.3. The first-order valence-electron chi connectivity index (χ1n) is 9.47. The quantitative estimate of drug-likeness (QED) is 0.431. The molecule has 4 heteroatoms. The van der Waals surface area contributed by atoms with Crippen LogP contribution in [0.3, 0.4) is 0 Å². The molecule has 146 valence electrons. The average Bonchev–Trinajstić information content (AvgIpc) is 2.74. The summed E-state index contributed by atoms with van der Waals surface area (Å²) < 4.78 is 38.5. The SMILES string of the molecule is C=CCC1COC(c2ccc(C#Cc3ccc4cc(F)c(F)cc4c3)cc2)CO1. The summed E-state index contributed by atoms with van der Waals surface area (Å²) >= 11 is 0. The van der Waals surface area contributed by atoms with Crippen LogP contribution in [0.5, 0.6) is 0 Å². The van der Waals surface area contributed by atoms with E-state index in [1.54, 1.807) is 18.2 Å². The monoisotopic (exact) mass is 390 g/mol. The maximum atomic E-state index is 13.4. The van der Waals surface area contributed by atoms with Crippen molar-refractivity contribution in [2.24, 2.45) is 0 Å². The highest BCUT2D eigenvalue weighted by Crippen LogP contribution is 2.24. The Morgan fingerprint density at radius 2 is 1.55 bits per heavy atom. The Morgan fingerprint density at radius 3 is 2.24 bits per heavy atom. The number of fused-ring (bicyclic) bond motifs is 1. The van der Waals surface area contributed by atoms with Crippen molar-refractivity contribution in [1.29, 1.82) is 0 Å². The van der Waals surface area contributed by atoms with Crippen LogP contribution in [-0.4, -0.2) is 19.3 Å². The van der Waals surface area contributed by atoms with Gasteiger partial charge < -0.3 is 9.47 Å². The first-order chi connectivity index (χ1) is 14.1. The van der Waals surface area contributed by atoms with Crippen molar-refractivity contribution in [2.75, 3.05) is 13.2 Å². The van der Waals surface area contributed by atoms with Crippen molar-refractivity contribution in [1.82, 2.24) is 0 Å².